The maximum atomic E-state index is 14.4. The molecule has 22 heavy (non-hydrogen) atoms. The van der Waals surface area contributed by atoms with Gasteiger partial charge in [-0.15, -0.1) is 0 Å². The van der Waals surface area contributed by atoms with Crippen LogP contribution in [0.4, 0.5) is 24.7 Å². The van der Waals surface area contributed by atoms with Gasteiger partial charge >= 0.3 is 0 Å². The number of hydrogen-bond donors (Lipinski definition) is 2. The molecule has 0 radical (unpaired) electrons. The summed E-state index contributed by atoms with van der Waals surface area (Å²) in [6.07, 6.45) is 0. The number of benzene rings is 1. The van der Waals surface area contributed by atoms with Crippen LogP contribution >= 0.6 is 0 Å². The number of rotatable bonds is 4. The molecule has 2 N–H and O–H groups in total. The van der Waals surface area contributed by atoms with Gasteiger partial charge < -0.3 is 10.6 Å². The molecule has 1 aromatic heterocycles. The van der Waals surface area contributed by atoms with Gasteiger partial charge in [0.2, 0.25) is 5.82 Å². The van der Waals surface area contributed by atoms with Crippen LogP contribution in [-0.2, 0) is 6.54 Å². The Hall–Kier alpha value is -2.24. The molecular weight excluding hydrogens is 291 g/mol. The standard InChI is InChI=1S/C16H18F3N3/c1-16(2,3)22-13-11(17)14(19)21-15(12(13)18)20-9-10-7-5-4-6-8-10/h4-8H,9H2,1-3H3,(H2,20,21,22). The summed E-state index contributed by atoms with van der Waals surface area (Å²) in [6.45, 7) is 5.43. The monoisotopic (exact) mass is 309 g/mol. The molecule has 0 fully saturated rings. The van der Waals surface area contributed by atoms with Crippen LogP contribution in [0.25, 0.3) is 0 Å². The Labute approximate surface area is 127 Å². The molecule has 0 bridgehead atoms. The second-order valence-electron chi connectivity index (χ2n) is 5.97. The van der Waals surface area contributed by atoms with Gasteiger partial charge in [0.05, 0.1) is 0 Å². The van der Waals surface area contributed by atoms with Crippen molar-refractivity contribution < 1.29 is 13.2 Å². The summed E-state index contributed by atoms with van der Waals surface area (Å²) in [7, 11) is 0. The van der Waals surface area contributed by atoms with Gasteiger partial charge in [0.15, 0.2) is 11.6 Å². The summed E-state index contributed by atoms with van der Waals surface area (Å²) in [5, 5.41) is 5.32. The molecule has 0 spiro atoms. The minimum atomic E-state index is -1.34. The number of hydrogen-bond acceptors (Lipinski definition) is 3. The van der Waals surface area contributed by atoms with Gasteiger partial charge in [0.1, 0.15) is 5.69 Å². The highest BCUT2D eigenvalue weighted by Gasteiger charge is 2.23. The summed E-state index contributed by atoms with van der Waals surface area (Å²) >= 11 is 0. The first-order valence-electron chi connectivity index (χ1n) is 6.88. The van der Waals surface area contributed by atoms with E-state index in [1.807, 2.05) is 30.3 Å². The number of halogens is 3. The summed E-state index contributed by atoms with van der Waals surface area (Å²) in [6, 6.07) is 9.18. The van der Waals surface area contributed by atoms with Crippen molar-refractivity contribution in [3.8, 4) is 0 Å². The van der Waals surface area contributed by atoms with E-state index < -0.39 is 28.8 Å². The number of anilines is 2. The minimum absolute atomic E-state index is 0.255. The van der Waals surface area contributed by atoms with E-state index in [4.69, 9.17) is 0 Å². The van der Waals surface area contributed by atoms with Crippen LogP contribution < -0.4 is 10.6 Å². The van der Waals surface area contributed by atoms with E-state index in [2.05, 4.69) is 15.6 Å². The van der Waals surface area contributed by atoms with Crippen molar-refractivity contribution >= 4 is 11.5 Å². The van der Waals surface area contributed by atoms with E-state index in [0.29, 0.717) is 0 Å². The largest absolute Gasteiger partial charge is 0.375 e. The molecule has 2 rings (SSSR count). The van der Waals surface area contributed by atoms with Crippen LogP contribution in [-0.4, -0.2) is 10.5 Å². The lowest BCUT2D eigenvalue weighted by Gasteiger charge is -2.23. The van der Waals surface area contributed by atoms with Crippen LogP contribution in [0, 0.1) is 17.6 Å². The first-order valence-corrected chi connectivity index (χ1v) is 6.88. The average molecular weight is 309 g/mol. The Kier molecular flexibility index (Phi) is 4.59. The van der Waals surface area contributed by atoms with Crippen molar-refractivity contribution in [2.24, 2.45) is 0 Å². The van der Waals surface area contributed by atoms with E-state index in [1.165, 1.54) is 0 Å². The van der Waals surface area contributed by atoms with Gasteiger partial charge in [-0.3, -0.25) is 0 Å². The molecule has 6 heteroatoms. The van der Waals surface area contributed by atoms with E-state index in [0.717, 1.165) is 5.56 Å². The van der Waals surface area contributed by atoms with Crippen molar-refractivity contribution in [2.45, 2.75) is 32.9 Å². The highest BCUT2D eigenvalue weighted by Crippen LogP contribution is 2.28. The van der Waals surface area contributed by atoms with Crippen molar-refractivity contribution in [2.75, 3.05) is 10.6 Å². The van der Waals surface area contributed by atoms with Crippen LogP contribution in [0.15, 0.2) is 30.3 Å². The second kappa shape index (κ2) is 6.25. The summed E-state index contributed by atoms with van der Waals surface area (Å²) < 4.78 is 41.7. The Morgan fingerprint density at radius 2 is 1.64 bits per heavy atom. The molecule has 3 nitrogen and oxygen atoms in total. The number of nitrogens with zero attached hydrogens (tertiary/aromatic N) is 1. The normalized spacial score (nSPS) is 11.4. The van der Waals surface area contributed by atoms with Crippen molar-refractivity contribution in [1.29, 1.82) is 0 Å². The maximum Gasteiger partial charge on any atom is 0.253 e. The molecule has 0 atom stereocenters. The Bertz CT molecular complexity index is 652. The molecule has 0 aliphatic heterocycles. The van der Waals surface area contributed by atoms with E-state index >= 15 is 0 Å². The smallest absolute Gasteiger partial charge is 0.253 e. The Morgan fingerprint density at radius 3 is 2.23 bits per heavy atom. The predicted octanol–water partition coefficient (Wildman–Crippen LogP) is 4.32. The molecule has 1 aromatic carbocycles. The first-order chi connectivity index (χ1) is 10.3. The van der Waals surface area contributed by atoms with Gasteiger partial charge in [-0.05, 0) is 26.3 Å². The minimum Gasteiger partial charge on any atom is -0.375 e. The highest BCUT2D eigenvalue weighted by atomic mass is 19.2. The SMILES string of the molecule is CC(C)(C)Nc1c(F)c(F)nc(NCc2ccccc2)c1F. The number of nitrogens with one attached hydrogen (secondary N) is 2. The number of aromatic nitrogens is 1. The highest BCUT2D eigenvalue weighted by molar-refractivity contribution is 5.56. The third-order valence-electron chi connectivity index (χ3n) is 2.84. The van der Waals surface area contributed by atoms with Crippen molar-refractivity contribution in [3.05, 3.63) is 53.5 Å². The zero-order valence-corrected chi connectivity index (χ0v) is 12.7. The summed E-state index contributed by atoms with van der Waals surface area (Å²) in [4.78, 5) is 3.31. The zero-order valence-electron chi connectivity index (χ0n) is 12.7. The van der Waals surface area contributed by atoms with Crippen LogP contribution in [0.5, 0.6) is 0 Å². The summed E-state index contributed by atoms with van der Waals surface area (Å²) in [5.41, 5.74) is -0.263. The van der Waals surface area contributed by atoms with Crippen LogP contribution in [0.3, 0.4) is 0 Å². The lowest BCUT2D eigenvalue weighted by molar-refractivity contribution is 0.465. The van der Waals surface area contributed by atoms with E-state index in [-0.39, 0.29) is 12.4 Å². The molecule has 0 aliphatic rings. The molecular formula is C16H18F3N3. The van der Waals surface area contributed by atoms with Gasteiger partial charge in [0.25, 0.3) is 5.95 Å². The zero-order chi connectivity index (χ0) is 16.3. The molecule has 0 aliphatic carbocycles. The van der Waals surface area contributed by atoms with Gasteiger partial charge in [0, 0.05) is 12.1 Å². The van der Waals surface area contributed by atoms with Gasteiger partial charge in [-0.1, -0.05) is 30.3 Å². The van der Waals surface area contributed by atoms with Gasteiger partial charge in [-0.2, -0.15) is 13.8 Å². The lowest BCUT2D eigenvalue weighted by Crippen LogP contribution is -2.28. The molecule has 118 valence electrons. The fourth-order valence-electron chi connectivity index (χ4n) is 1.90. The molecule has 0 unspecified atom stereocenters. The fraction of sp³-hybridized carbons (Fsp3) is 0.312. The average Bonchev–Trinajstić information content (AvgIpc) is 2.46. The number of pyridine rings is 1. The Morgan fingerprint density at radius 1 is 1.00 bits per heavy atom. The first kappa shape index (κ1) is 16.1. The quantitative estimate of drug-likeness (QED) is 0.826. The topological polar surface area (TPSA) is 37.0 Å². The predicted molar refractivity (Wildman–Crippen MR) is 81.3 cm³/mol. The van der Waals surface area contributed by atoms with Crippen LogP contribution in [0.2, 0.25) is 0 Å². The molecule has 2 aromatic rings. The van der Waals surface area contributed by atoms with Crippen molar-refractivity contribution in [1.82, 2.24) is 4.98 Å². The summed E-state index contributed by atoms with van der Waals surface area (Å²) in [5.74, 6) is -3.93. The lowest BCUT2D eigenvalue weighted by atomic mass is 10.1. The third kappa shape index (κ3) is 3.90. The molecule has 1 heterocycles. The molecule has 0 saturated carbocycles. The van der Waals surface area contributed by atoms with Gasteiger partial charge in [-0.25, -0.2) is 4.39 Å². The van der Waals surface area contributed by atoms with Crippen LogP contribution in [0.1, 0.15) is 26.3 Å². The van der Waals surface area contributed by atoms with E-state index in [9.17, 15) is 13.2 Å². The second-order valence-corrected chi connectivity index (χ2v) is 5.97. The Balaban J connectivity index is 2.28. The molecule has 0 amide bonds. The molecule has 0 saturated heterocycles. The maximum absolute atomic E-state index is 14.4. The third-order valence-corrected chi connectivity index (χ3v) is 2.84. The fourth-order valence-corrected chi connectivity index (χ4v) is 1.90. The van der Waals surface area contributed by atoms with Crippen molar-refractivity contribution in [3.63, 3.8) is 0 Å². The van der Waals surface area contributed by atoms with E-state index in [1.54, 1.807) is 20.8 Å².